The Balaban J connectivity index is 0. The van der Waals surface area contributed by atoms with Crippen molar-refractivity contribution in [1.29, 1.82) is 0 Å². The minimum absolute atomic E-state index is 0. The molecular weight excluding hydrogens is 159 g/mol. The van der Waals surface area contributed by atoms with E-state index in [2.05, 4.69) is 0 Å². The van der Waals surface area contributed by atoms with E-state index in [0.717, 1.165) is 0 Å². The first-order valence-electron chi connectivity index (χ1n) is 0. The molecular formula is HClF4Ti. The molecule has 0 aromatic carbocycles. The summed E-state index contributed by atoms with van der Waals surface area (Å²) < 4.78 is 0. The van der Waals surface area contributed by atoms with E-state index in [9.17, 15) is 0 Å². The van der Waals surface area contributed by atoms with Gasteiger partial charge in [0.1, 0.15) is 0 Å². The van der Waals surface area contributed by atoms with E-state index < -0.39 is 0 Å². The van der Waals surface area contributed by atoms with Gasteiger partial charge in [-0.3, -0.25) is 0 Å². The van der Waals surface area contributed by atoms with E-state index in [4.69, 9.17) is 0 Å². The fraction of sp³-hybridized carbons (Fsp3) is 0. The summed E-state index contributed by atoms with van der Waals surface area (Å²) in [6, 6.07) is 0. The molecule has 0 N–H and O–H groups in total. The van der Waals surface area contributed by atoms with Crippen LogP contribution in [0.5, 0.6) is 0 Å². The van der Waals surface area contributed by atoms with Crippen LogP contribution in [-0.4, -0.2) is 0 Å². The van der Waals surface area contributed by atoms with Crippen LogP contribution in [0.1, 0.15) is 0 Å². The van der Waals surface area contributed by atoms with Gasteiger partial charge >= 0.3 is 21.7 Å². The van der Waals surface area contributed by atoms with Gasteiger partial charge in [-0.1, -0.05) is 0 Å². The minimum atomic E-state index is 0. The second-order valence-corrected chi connectivity index (χ2v) is 0. The molecule has 40 valence electrons. The molecule has 0 aliphatic rings. The maximum absolute atomic E-state index is 0. The molecule has 0 radical (unpaired) electrons. The van der Waals surface area contributed by atoms with Gasteiger partial charge in [-0.05, 0) is 0 Å². The second-order valence-electron chi connectivity index (χ2n) is 0. The zero-order valence-electron chi connectivity index (χ0n) is 2.42. The average molecular weight is 160 g/mol. The van der Waals surface area contributed by atoms with Crippen molar-refractivity contribution in [2.24, 2.45) is 0 Å². The SMILES string of the molecule is Cl.[F-].[F-].[F-].[F-].[Ti+4]. The third-order valence-corrected chi connectivity index (χ3v) is 0. The van der Waals surface area contributed by atoms with Crippen LogP contribution in [0.4, 0.5) is 0 Å². The van der Waals surface area contributed by atoms with Gasteiger partial charge in [-0.25, -0.2) is 0 Å². The van der Waals surface area contributed by atoms with Crippen LogP contribution >= 0.6 is 12.4 Å². The van der Waals surface area contributed by atoms with Gasteiger partial charge in [0, 0.05) is 0 Å². The van der Waals surface area contributed by atoms with E-state index in [1.807, 2.05) is 0 Å². The van der Waals surface area contributed by atoms with E-state index >= 15 is 0 Å². The topological polar surface area (TPSA) is 0 Å². The number of hydrogen-bond acceptors (Lipinski definition) is 0. The molecule has 0 amide bonds. The average Bonchev–Trinajstić information content (AvgIpc) is 0. The van der Waals surface area contributed by atoms with Gasteiger partial charge < -0.3 is 18.8 Å². The van der Waals surface area contributed by atoms with Crippen molar-refractivity contribution in [3.8, 4) is 0 Å². The molecule has 0 saturated heterocycles. The summed E-state index contributed by atoms with van der Waals surface area (Å²) in [4.78, 5) is 0. The maximum atomic E-state index is 0. The van der Waals surface area contributed by atoms with Crippen molar-refractivity contribution < 1.29 is 40.5 Å². The second kappa shape index (κ2) is 244. The first-order valence-corrected chi connectivity index (χ1v) is 0. The molecule has 0 rings (SSSR count). The van der Waals surface area contributed by atoms with Crippen molar-refractivity contribution in [3.63, 3.8) is 0 Å². The van der Waals surface area contributed by atoms with Crippen LogP contribution in [0.2, 0.25) is 0 Å². The third-order valence-electron chi connectivity index (χ3n) is 0. The fourth-order valence-corrected chi connectivity index (χ4v) is 0. The predicted octanol–water partition coefficient (Wildman–Crippen LogP) is -11.6. The molecule has 0 fully saturated rings. The third kappa shape index (κ3) is 125. The van der Waals surface area contributed by atoms with E-state index in [1.54, 1.807) is 0 Å². The summed E-state index contributed by atoms with van der Waals surface area (Å²) in [6.45, 7) is 0. The van der Waals surface area contributed by atoms with Crippen LogP contribution in [0, 0.1) is 0 Å². The van der Waals surface area contributed by atoms with E-state index in [1.165, 1.54) is 0 Å². The molecule has 0 bridgehead atoms. The monoisotopic (exact) mass is 160 g/mol. The van der Waals surface area contributed by atoms with Crippen molar-refractivity contribution in [3.05, 3.63) is 0 Å². The predicted molar refractivity (Wildman–Crippen MR) is 7.25 cm³/mol. The quantitative estimate of drug-likeness (QED) is 0.244. The van der Waals surface area contributed by atoms with Gasteiger partial charge in [0.15, 0.2) is 0 Å². The Labute approximate surface area is 53.4 Å². The molecule has 6 heavy (non-hydrogen) atoms. The summed E-state index contributed by atoms with van der Waals surface area (Å²) >= 11 is 0. The fourth-order valence-electron chi connectivity index (χ4n) is 0. The van der Waals surface area contributed by atoms with Gasteiger partial charge in [-0.15, -0.1) is 12.4 Å². The summed E-state index contributed by atoms with van der Waals surface area (Å²) in [5.41, 5.74) is 0. The number of hydrogen-bond donors (Lipinski definition) is 0. The summed E-state index contributed by atoms with van der Waals surface area (Å²) in [5.74, 6) is 0. The molecule has 0 heterocycles. The van der Waals surface area contributed by atoms with Gasteiger partial charge in [0.25, 0.3) is 0 Å². The first-order chi connectivity index (χ1) is 0. The molecule has 0 nitrogen and oxygen atoms in total. The van der Waals surface area contributed by atoms with Crippen molar-refractivity contribution in [1.82, 2.24) is 0 Å². The Morgan fingerprint density at radius 2 is 0.500 bits per heavy atom. The number of halogens is 5. The molecule has 0 unspecified atom stereocenters. The molecule has 0 atom stereocenters. The van der Waals surface area contributed by atoms with Crippen LogP contribution in [0.3, 0.4) is 0 Å². The summed E-state index contributed by atoms with van der Waals surface area (Å²) in [7, 11) is 0. The van der Waals surface area contributed by atoms with Gasteiger partial charge in [0.2, 0.25) is 0 Å². The van der Waals surface area contributed by atoms with Crippen molar-refractivity contribution in [2.75, 3.05) is 0 Å². The van der Waals surface area contributed by atoms with Gasteiger partial charge in [0.05, 0.1) is 0 Å². The number of rotatable bonds is 0. The first kappa shape index (κ1) is 420. The Hall–Kier alpha value is 0.724. The van der Waals surface area contributed by atoms with Crippen LogP contribution in [0.25, 0.3) is 0 Å². The summed E-state index contributed by atoms with van der Waals surface area (Å²) in [5, 5.41) is 0. The molecule has 0 spiro atoms. The Kier molecular flexibility index (Phi) is 17000. The molecule has 0 aromatic rings. The normalized spacial score (nSPS) is 0. The summed E-state index contributed by atoms with van der Waals surface area (Å²) in [6.07, 6.45) is 0. The minimum Gasteiger partial charge on any atom is -1.00 e. The van der Waals surface area contributed by atoms with E-state index in [-0.39, 0.29) is 52.9 Å². The standard InChI is InChI=1S/ClH.4FH.Ti/h5*1H;/q;;;;;+4/p-4. The zero-order valence-corrected chi connectivity index (χ0v) is 4.80. The molecule has 0 saturated carbocycles. The molecule has 6 heteroatoms. The van der Waals surface area contributed by atoms with Crippen LogP contribution in [-0.2, 0) is 21.7 Å². The Morgan fingerprint density at radius 3 is 0.500 bits per heavy atom. The zero-order chi connectivity index (χ0) is 0. The largest absolute Gasteiger partial charge is 4.00 e. The smallest absolute Gasteiger partial charge is 1.00 e. The van der Waals surface area contributed by atoms with Crippen LogP contribution in [0.15, 0.2) is 0 Å². The van der Waals surface area contributed by atoms with Crippen molar-refractivity contribution in [2.45, 2.75) is 0 Å². The van der Waals surface area contributed by atoms with Crippen LogP contribution < -0.4 is 18.8 Å². The Bertz CT molecular complexity index is 7.51. The molecule has 0 aromatic heterocycles. The van der Waals surface area contributed by atoms with Gasteiger partial charge in [-0.2, -0.15) is 0 Å². The van der Waals surface area contributed by atoms with Crippen molar-refractivity contribution >= 4 is 12.4 Å². The molecule has 0 aliphatic carbocycles. The molecule has 0 aliphatic heterocycles. The van der Waals surface area contributed by atoms with E-state index in [0.29, 0.717) is 0 Å². The Morgan fingerprint density at radius 1 is 0.500 bits per heavy atom. The maximum Gasteiger partial charge on any atom is 4.00 e.